The van der Waals surface area contributed by atoms with Crippen molar-refractivity contribution in [3.63, 3.8) is 0 Å². The van der Waals surface area contributed by atoms with Crippen molar-refractivity contribution in [1.82, 2.24) is 4.90 Å². The van der Waals surface area contributed by atoms with Gasteiger partial charge in [0.25, 0.3) is 0 Å². The van der Waals surface area contributed by atoms with Gasteiger partial charge in [-0.05, 0) is 43.9 Å². The Hall–Kier alpha value is -0.860. The first-order valence-corrected chi connectivity index (χ1v) is 8.07. The summed E-state index contributed by atoms with van der Waals surface area (Å²) >= 11 is 0. The van der Waals surface area contributed by atoms with E-state index in [4.69, 9.17) is 5.73 Å². The molecule has 1 saturated carbocycles. The highest BCUT2D eigenvalue weighted by molar-refractivity contribution is 5.25. The Morgan fingerprint density at radius 3 is 2.75 bits per heavy atom. The van der Waals surface area contributed by atoms with E-state index in [0.717, 1.165) is 19.0 Å². The number of hydrogen-bond acceptors (Lipinski definition) is 2. The van der Waals surface area contributed by atoms with Crippen molar-refractivity contribution in [2.45, 2.75) is 58.0 Å². The van der Waals surface area contributed by atoms with Crippen molar-refractivity contribution in [3.8, 4) is 0 Å². The van der Waals surface area contributed by atoms with Gasteiger partial charge in [-0.1, -0.05) is 50.5 Å². The molecule has 2 N–H and O–H groups in total. The Morgan fingerprint density at radius 1 is 1.35 bits per heavy atom. The van der Waals surface area contributed by atoms with Gasteiger partial charge in [-0.3, -0.25) is 4.90 Å². The first-order chi connectivity index (χ1) is 9.61. The zero-order valence-corrected chi connectivity index (χ0v) is 13.4. The van der Waals surface area contributed by atoms with Gasteiger partial charge < -0.3 is 5.73 Å². The Morgan fingerprint density at radius 2 is 2.10 bits per heavy atom. The fraction of sp³-hybridized carbons (Fsp3) is 0.667. The minimum atomic E-state index is 0.210. The SMILES string of the molecule is CCC1CCCC(CN)(N(C)Cc2ccccc2C)C1. The van der Waals surface area contributed by atoms with Crippen LogP contribution in [0.25, 0.3) is 0 Å². The normalized spacial score (nSPS) is 26.9. The predicted octanol–water partition coefficient (Wildman–Crippen LogP) is 3.72. The molecule has 112 valence electrons. The molecule has 0 aromatic heterocycles. The highest BCUT2D eigenvalue weighted by Crippen LogP contribution is 2.37. The Balaban J connectivity index is 2.12. The van der Waals surface area contributed by atoms with E-state index >= 15 is 0 Å². The molecule has 2 rings (SSSR count). The number of benzene rings is 1. The van der Waals surface area contributed by atoms with Crippen molar-refractivity contribution in [2.24, 2.45) is 11.7 Å². The molecular weight excluding hydrogens is 244 g/mol. The largest absolute Gasteiger partial charge is 0.329 e. The van der Waals surface area contributed by atoms with Crippen LogP contribution in [0.4, 0.5) is 0 Å². The molecule has 0 spiro atoms. The number of hydrogen-bond donors (Lipinski definition) is 1. The molecule has 1 aromatic carbocycles. The molecule has 0 aliphatic heterocycles. The number of aryl methyl sites for hydroxylation is 1. The molecule has 0 saturated heterocycles. The van der Waals surface area contributed by atoms with Gasteiger partial charge in [0.2, 0.25) is 0 Å². The number of likely N-dealkylation sites (N-methyl/N-ethyl adjacent to an activating group) is 1. The van der Waals surface area contributed by atoms with Crippen LogP contribution in [-0.4, -0.2) is 24.0 Å². The third kappa shape index (κ3) is 3.24. The molecule has 2 nitrogen and oxygen atoms in total. The molecule has 20 heavy (non-hydrogen) atoms. The summed E-state index contributed by atoms with van der Waals surface area (Å²) in [5, 5.41) is 0. The van der Waals surface area contributed by atoms with Crippen molar-refractivity contribution < 1.29 is 0 Å². The maximum absolute atomic E-state index is 6.21. The summed E-state index contributed by atoms with van der Waals surface area (Å²) in [7, 11) is 2.26. The number of nitrogens with two attached hydrogens (primary N) is 1. The van der Waals surface area contributed by atoms with E-state index in [2.05, 4.69) is 50.1 Å². The summed E-state index contributed by atoms with van der Waals surface area (Å²) in [5.74, 6) is 0.853. The highest BCUT2D eigenvalue weighted by atomic mass is 15.2. The van der Waals surface area contributed by atoms with E-state index in [0.29, 0.717) is 0 Å². The minimum Gasteiger partial charge on any atom is -0.329 e. The highest BCUT2D eigenvalue weighted by Gasteiger charge is 2.37. The van der Waals surface area contributed by atoms with Crippen LogP contribution in [0.3, 0.4) is 0 Å². The fourth-order valence-corrected chi connectivity index (χ4v) is 3.71. The lowest BCUT2D eigenvalue weighted by atomic mass is 9.73. The molecule has 0 heterocycles. The van der Waals surface area contributed by atoms with Gasteiger partial charge in [-0.15, -0.1) is 0 Å². The van der Waals surface area contributed by atoms with Crippen LogP contribution in [-0.2, 0) is 6.54 Å². The first kappa shape index (κ1) is 15.5. The van der Waals surface area contributed by atoms with Crippen LogP contribution in [0.2, 0.25) is 0 Å². The summed E-state index contributed by atoms with van der Waals surface area (Å²) in [5.41, 5.74) is 9.23. The van der Waals surface area contributed by atoms with Crippen molar-refractivity contribution in [1.29, 1.82) is 0 Å². The van der Waals surface area contributed by atoms with Crippen LogP contribution in [0, 0.1) is 12.8 Å². The van der Waals surface area contributed by atoms with E-state index in [1.54, 1.807) is 0 Å². The van der Waals surface area contributed by atoms with Gasteiger partial charge >= 0.3 is 0 Å². The van der Waals surface area contributed by atoms with Gasteiger partial charge in [0, 0.05) is 18.6 Å². The molecule has 1 aliphatic rings. The van der Waals surface area contributed by atoms with Crippen LogP contribution < -0.4 is 5.73 Å². The molecule has 2 unspecified atom stereocenters. The van der Waals surface area contributed by atoms with E-state index in [1.807, 2.05) is 0 Å². The van der Waals surface area contributed by atoms with Gasteiger partial charge in [-0.25, -0.2) is 0 Å². The summed E-state index contributed by atoms with van der Waals surface area (Å²) in [4.78, 5) is 2.52. The molecule has 0 bridgehead atoms. The molecule has 2 atom stereocenters. The summed E-state index contributed by atoms with van der Waals surface area (Å²) < 4.78 is 0. The lowest BCUT2D eigenvalue weighted by molar-refractivity contribution is 0.0503. The maximum atomic E-state index is 6.21. The topological polar surface area (TPSA) is 29.3 Å². The average Bonchev–Trinajstić information content (AvgIpc) is 2.49. The number of rotatable bonds is 5. The molecule has 1 aromatic rings. The monoisotopic (exact) mass is 274 g/mol. The van der Waals surface area contributed by atoms with Gasteiger partial charge in [0.1, 0.15) is 0 Å². The summed E-state index contributed by atoms with van der Waals surface area (Å²) in [6.45, 7) is 6.32. The minimum absolute atomic E-state index is 0.210. The van der Waals surface area contributed by atoms with E-state index in [9.17, 15) is 0 Å². The molecule has 2 heteroatoms. The van der Waals surface area contributed by atoms with Crippen molar-refractivity contribution in [2.75, 3.05) is 13.6 Å². The van der Waals surface area contributed by atoms with E-state index in [1.165, 1.54) is 43.2 Å². The Kier molecular flexibility index (Phi) is 5.22. The fourth-order valence-electron chi connectivity index (χ4n) is 3.71. The summed E-state index contributed by atoms with van der Waals surface area (Å²) in [6, 6.07) is 8.70. The second kappa shape index (κ2) is 6.73. The lowest BCUT2D eigenvalue weighted by Gasteiger charge is -2.47. The van der Waals surface area contributed by atoms with Crippen molar-refractivity contribution in [3.05, 3.63) is 35.4 Å². The Bertz CT molecular complexity index is 429. The second-order valence-electron chi connectivity index (χ2n) is 6.58. The molecule has 0 radical (unpaired) electrons. The van der Waals surface area contributed by atoms with Crippen molar-refractivity contribution >= 4 is 0 Å². The zero-order valence-electron chi connectivity index (χ0n) is 13.4. The molecule has 0 amide bonds. The zero-order chi connectivity index (χ0) is 14.6. The second-order valence-corrected chi connectivity index (χ2v) is 6.58. The van der Waals surface area contributed by atoms with Crippen LogP contribution in [0.1, 0.15) is 50.2 Å². The maximum Gasteiger partial charge on any atom is 0.0334 e. The quantitative estimate of drug-likeness (QED) is 0.886. The van der Waals surface area contributed by atoms with E-state index in [-0.39, 0.29) is 5.54 Å². The molecule has 1 aliphatic carbocycles. The smallest absolute Gasteiger partial charge is 0.0334 e. The Labute approximate surface area is 124 Å². The first-order valence-electron chi connectivity index (χ1n) is 8.07. The van der Waals surface area contributed by atoms with Crippen LogP contribution >= 0.6 is 0 Å². The third-order valence-corrected chi connectivity index (χ3v) is 5.36. The standard InChI is InChI=1S/C18H30N2/c1-4-16-9-7-11-18(12-16,14-19)20(3)13-17-10-6-5-8-15(17)2/h5-6,8,10,16H,4,7,9,11-14,19H2,1-3H3. The predicted molar refractivity (Wildman–Crippen MR) is 86.7 cm³/mol. The van der Waals surface area contributed by atoms with Crippen LogP contribution in [0.15, 0.2) is 24.3 Å². The van der Waals surface area contributed by atoms with Crippen LogP contribution in [0.5, 0.6) is 0 Å². The van der Waals surface area contributed by atoms with E-state index < -0.39 is 0 Å². The average molecular weight is 274 g/mol. The third-order valence-electron chi connectivity index (χ3n) is 5.36. The molecule has 1 fully saturated rings. The van der Waals surface area contributed by atoms with Gasteiger partial charge in [-0.2, -0.15) is 0 Å². The molecular formula is C18H30N2. The number of nitrogens with zero attached hydrogens (tertiary/aromatic N) is 1. The lowest BCUT2D eigenvalue weighted by Crippen LogP contribution is -2.54. The van der Waals surface area contributed by atoms with Gasteiger partial charge in [0.05, 0.1) is 0 Å². The summed E-state index contributed by atoms with van der Waals surface area (Å²) in [6.07, 6.45) is 6.52. The van der Waals surface area contributed by atoms with Gasteiger partial charge in [0.15, 0.2) is 0 Å².